The van der Waals surface area contributed by atoms with Crippen LogP contribution in [0.15, 0.2) is 47.4 Å². The Balaban J connectivity index is 2.04. The number of sulfonamides is 1. The zero-order chi connectivity index (χ0) is 24.6. The van der Waals surface area contributed by atoms with Crippen LogP contribution in [0, 0.1) is 0 Å². The van der Waals surface area contributed by atoms with Crippen LogP contribution in [0.25, 0.3) is 0 Å². The molecule has 0 aliphatic carbocycles. The summed E-state index contributed by atoms with van der Waals surface area (Å²) in [5.41, 5.74) is 0.480. The number of anilines is 1. The summed E-state index contributed by atoms with van der Waals surface area (Å²) < 4.78 is 42.6. The van der Waals surface area contributed by atoms with Gasteiger partial charge in [0.05, 0.1) is 23.7 Å². The molecule has 0 radical (unpaired) electrons. The molecule has 2 rings (SSSR count). The summed E-state index contributed by atoms with van der Waals surface area (Å²) in [6.07, 6.45) is 0. The molecule has 2 aromatic carbocycles. The number of nitrogens with zero attached hydrogens (tertiary/aromatic N) is 1. The first kappa shape index (κ1) is 26.1. The molecule has 33 heavy (non-hydrogen) atoms. The van der Waals surface area contributed by atoms with Gasteiger partial charge < -0.3 is 19.5 Å². The molecule has 0 unspecified atom stereocenters. The van der Waals surface area contributed by atoms with Crippen LogP contribution in [0.4, 0.5) is 5.69 Å². The Hall–Kier alpha value is -3.11. The summed E-state index contributed by atoms with van der Waals surface area (Å²) in [5.74, 6) is -0.324. The molecule has 0 heterocycles. The SMILES string of the molecule is CCOc1ccc(NC(=O)COC(=O)c2cccc(S(=O)(=O)N(C)C(C)C)c2)cc1OCC. The zero-order valence-corrected chi connectivity index (χ0v) is 20.3. The second-order valence-electron chi connectivity index (χ2n) is 7.29. The van der Waals surface area contributed by atoms with E-state index in [1.165, 1.54) is 35.6 Å². The number of benzene rings is 2. The van der Waals surface area contributed by atoms with Crippen molar-refractivity contribution in [3.05, 3.63) is 48.0 Å². The first-order valence-corrected chi connectivity index (χ1v) is 12.0. The predicted octanol–water partition coefficient (Wildman–Crippen LogP) is 3.31. The van der Waals surface area contributed by atoms with Gasteiger partial charge in [-0.2, -0.15) is 4.31 Å². The van der Waals surface area contributed by atoms with Gasteiger partial charge in [-0.3, -0.25) is 4.79 Å². The number of carbonyl (C=O) groups excluding carboxylic acids is 2. The third-order valence-corrected chi connectivity index (χ3v) is 6.66. The average Bonchev–Trinajstić information content (AvgIpc) is 2.79. The first-order valence-electron chi connectivity index (χ1n) is 10.5. The van der Waals surface area contributed by atoms with Crippen LogP contribution in [0.5, 0.6) is 11.5 Å². The van der Waals surface area contributed by atoms with E-state index in [0.29, 0.717) is 30.4 Å². The topological polar surface area (TPSA) is 111 Å². The number of ether oxygens (including phenoxy) is 3. The summed E-state index contributed by atoms with van der Waals surface area (Å²) in [6, 6.07) is 10.2. The molecule has 9 nitrogen and oxygen atoms in total. The molecule has 0 saturated heterocycles. The van der Waals surface area contributed by atoms with Gasteiger partial charge in [-0.15, -0.1) is 0 Å². The van der Waals surface area contributed by atoms with E-state index >= 15 is 0 Å². The molecule has 1 amide bonds. The number of nitrogens with one attached hydrogen (secondary N) is 1. The second-order valence-corrected chi connectivity index (χ2v) is 9.29. The molecule has 0 fully saturated rings. The number of amides is 1. The van der Waals surface area contributed by atoms with Gasteiger partial charge >= 0.3 is 5.97 Å². The number of hydrogen-bond acceptors (Lipinski definition) is 7. The summed E-state index contributed by atoms with van der Waals surface area (Å²) in [7, 11) is -2.29. The van der Waals surface area contributed by atoms with Gasteiger partial charge in [-0.05, 0) is 58.0 Å². The molecule has 180 valence electrons. The maximum atomic E-state index is 12.6. The summed E-state index contributed by atoms with van der Waals surface area (Å²) >= 11 is 0. The molecule has 0 aliphatic heterocycles. The van der Waals surface area contributed by atoms with Crippen LogP contribution >= 0.6 is 0 Å². The molecule has 0 spiro atoms. The van der Waals surface area contributed by atoms with Gasteiger partial charge in [-0.1, -0.05) is 6.07 Å². The molecular formula is C23H30N2O7S. The van der Waals surface area contributed by atoms with Crippen LogP contribution in [0.2, 0.25) is 0 Å². The standard InChI is InChI=1S/C23H30N2O7S/c1-6-30-20-12-11-18(14-21(20)31-7-2)24-22(26)15-32-23(27)17-9-8-10-19(13-17)33(28,29)25(5)16(3)4/h8-14,16H,6-7,15H2,1-5H3,(H,24,26). The lowest BCUT2D eigenvalue weighted by Gasteiger charge is -2.21. The number of carbonyl (C=O) groups is 2. The van der Waals surface area contributed by atoms with Gasteiger partial charge in [0.15, 0.2) is 18.1 Å². The molecule has 10 heteroatoms. The van der Waals surface area contributed by atoms with Gasteiger partial charge in [0.2, 0.25) is 10.0 Å². The van der Waals surface area contributed by atoms with E-state index in [9.17, 15) is 18.0 Å². The Morgan fingerprint density at radius 1 is 1.00 bits per heavy atom. The molecule has 0 bridgehead atoms. The summed E-state index contributed by atoms with van der Waals surface area (Å²) in [4.78, 5) is 24.6. The smallest absolute Gasteiger partial charge is 0.338 e. The Kier molecular flexibility index (Phi) is 9.24. The maximum Gasteiger partial charge on any atom is 0.338 e. The minimum atomic E-state index is -3.76. The minimum Gasteiger partial charge on any atom is -0.490 e. The van der Waals surface area contributed by atoms with Crippen molar-refractivity contribution in [2.45, 2.75) is 38.6 Å². The number of rotatable bonds is 11. The molecule has 0 aromatic heterocycles. The molecule has 0 aliphatic rings. The summed E-state index contributed by atoms with van der Waals surface area (Å²) in [6.45, 7) is 7.54. The van der Waals surface area contributed by atoms with Gasteiger partial charge in [0, 0.05) is 24.8 Å². The van der Waals surface area contributed by atoms with E-state index in [4.69, 9.17) is 14.2 Å². The largest absolute Gasteiger partial charge is 0.490 e. The van der Waals surface area contributed by atoms with Crippen molar-refractivity contribution in [3.63, 3.8) is 0 Å². The maximum absolute atomic E-state index is 12.6. The highest BCUT2D eigenvalue weighted by molar-refractivity contribution is 7.89. The zero-order valence-electron chi connectivity index (χ0n) is 19.5. The first-order chi connectivity index (χ1) is 15.6. The number of hydrogen-bond donors (Lipinski definition) is 1. The fourth-order valence-corrected chi connectivity index (χ4v) is 4.18. The van der Waals surface area contributed by atoms with Gasteiger partial charge in [-0.25, -0.2) is 13.2 Å². The van der Waals surface area contributed by atoms with E-state index in [0.717, 1.165) is 0 Å². The molecule has 0 saturated carbocycles. The summed E-state index contributed by atoms with van der Waals surface area (Å²) in [5, 5.41) is 2.63. The minimum absolute atomic E-state index is 0.0285. The Bertz CT molecular complexity index is 1080. The van der Waals surface area contributed by atoms with E-state index < -0.39 is 28.5 Å². The van der Waals surface area contributed by atoms with Crippen LogP contribution in [0.1, 0.15) is 38.1 Å². The third kappa shape index (κ3) is 6.93. The fraction of sp³-hybridized carbons (Fsp3) is 0.391. The van der Waals surface area contributed by atoms with E-state index in [2.05, 4.69) is 5.32 Å². The highest BCUT2D eigenvalue weighted by Crippen LogP contribution is 2.30. The third-order valence-electron chi connectivity index (χ3n) is 4.64. The lowest BCUT2D eigenvalue weighted by atomic mass is 10.2. The van der Waals surface area contributed by atoms with Crippen molar-refractivity contribution in [1.29, 1.82) is 0 Å². The monoisotopic (exact) mass is 478 g/mol. The van der Waals surface area contributed by atoms with E-state index in [-0.39, 0.29) is 16.5 Å². The van der Waals surface area contributed by atoms with Crippen molar-refractivity contribution in [1.82, 2.24) is 4.31 Å². The highest BCUT2D eigenvalue weighted by atomic mass is 32.2. The molecule has 1 N–H and O–H groups in total. The van der Waals surface area contributed by atoms with Crippen molar-refractivity contribution in [3.8, 4) is 11.5 Å². The van der Waals surface area contributed by atoms with Crippen molar-refractivity contribution < 1.29 is 32.2 Å². The van der Waals surface area contributed by atoms with Crippen molar-refractivity contribution in [2.75, 3.05) is 32.2 Å². The number of esters is 1. The van der Waals surface area contributed by atoms with Crippen molar-refractivity contribution in [2.24, 2.45) is 0 Å². The molecule has 2 aromatic rings. The fourth-order valence-electron chi connectivity index (χ4n) is 2.77. The van der Waals surface area contributed by atoms with Crippen LogP contribution in [-0.2, 0) is 19.6 Å². The Labute approximate surface area is 194 Å². The van der Waals surface area contributed by atoms with Crippen LogP contribution < -0.4 is 14.8 Å². The van der Waals surface area contributed by atoms with Gasteiger partial charge in [0.25, 0.3) is 5.91 Å². The van der Waals surface area contributed by atoms with Crippen LogP contribution in [0.3, 0.4) is 0 Å². The Morgan fingerprint density at radius 3 is 2.30 bits per heavy atom. The normalized spacial score (nSPS) is 11.4. The molecular weight excluding hydrogens is 448 g/mol. The van der Waals surface area contributed by atoms with E-state index in [1.807, 2.05) is 13.8 Å². The van der Waals surface area contributed by atoms with Crippen LogP contribution in [-0.4, -0.2) is 57.5 Å². The predicted molar refractivity (Wildman–Crippen MR) is 124 cm³/mol. The Morgan fingerprint density at radius 2 is 1.67 bits per heavy atom. The average molecular weight is 479 g/mol. The van der Waals surface area contributed by atoms with E-state index in [1.54, 1.807) is 32.0 Å². The molecule has 0 atom stereocenters. The second kappa shape index (κ2) is 11.7. The van der Waals surface area contributed by atoms with Crippen molar-refractivity contribution >= 4 is 27.6 Å². The lowest BCUT2D eigenvalue weighted by Crippen LogP contribution is -2.33. The quantitative estimate of drug-likeness (QED) is 0.493. The lowest BCUT2D eigenvalue weighted by molar-refractivity contribution is -0.119. The highest BCUT2D eigenvalue weighted by Gasteiger charge is 2.24. The van der Waals surface area contributed by atoms with Gasteiger partial charge in [0.1, 0.15) is 0 Å².